The van der Waals surface area contributed by atoms with Gasteiger partial charge in [0, 0.05) is 24.6 Å². The highest BCUT2D eigenvalue weighted by Crippen LogP contribution is 2.33. The summed E-state index contributed by atoms with van der Waals surface area (Å²) < 4.78 is 72.6. The van der Waals surface area contributed by atoms with E-state index in [0.717, 1.165) is 12.1 Å². The first kappa shape index (κ1) is 39.7. The van der Waals surface area contributed by atoms with Gasteiger partial charge < -0.3 is 42.4 Å². The van der Waals surface area contributed by atoms with Crippen molar-refractivity contribution < 1.29 is 60.5 Å². The summed E-state index contributed by atoms with van der Waals surface area (Å²) in [6.07, 6.45) is -6.97. The standard InChI is InChI=1S/C28H34F2N8O6.C2HF3O2/c1-15(39)35-11-18-13-37(27(41)43-18)16-4-6-20(22(29)9-16)21-7-5-17(10-23(21)30)38-14-19(44-28(38)42)12-36-25(40)24(31)3-2-8-34-26(32)33;3-2(4,5)1(6)7/h4-7,9-10,18-19,24H,2-3,8,11-14,31H2,1H3,(H,35,39)(H,36,40)(H4,32,33,34);(H,6,7)/t18-,19-,24-;/m0./s1. The Morgan fingerprint density at radius 3 is 1.76 bits per heavy atom. The zero-order chi connectivity index (χ0) is 38.0. The molecule has 21 heteroatoms. The second-order valence-corrected chi connectivity index (χ2v) is 11.1. The van der Waals surface area contributed by atoms with Gasteiger partial charge in [-0.3, -0.25) is 24.4 Å². The van der Waals surface area contributed by atoms with Crippen molar-refractivity contribution in [2.45, 2.75) is 44.2 Å². The fourth-order valence-electron chi connectivity index (χ4n) is 4.71. The summed E-state index contributed by atoms with van der Waals surface area (Å²) in [5.74, 6) is -5.08. The Kier molecular flexibility index (Phi) is 13.4. The average Bonchev–Trinajstić information content (AvgIpc) is 3.62. The van der Waals surface area contributed by atoms with E-state index in [9.17, 15) is 32.3 Å². The third kappa shape index (κ3) is 11.4. The molecule has 3 atom stereocenters. The number of ether oxygens (including phenoxy) is 2. The van der Waals surface area contributed by atoms with Crippen molar-refractivity contribution in [3.63, 3.8) is 0 Å². The molecule has 0 radical (unpaired) electrons. The minimum atomic E-state index is -5.08. The number of halogens is 5. The van der Waals surface area contributed by atoms with Gasteiger partial charge in [0.25, 0.3) is 0 Å². The highest BCUT2D eigenvalue weighted by molar-refractivity contribution is 5.91. The Morgan fingerprint density at radius 2 is 1.37 bits per heavy atom. The fraction of sp³-hybridized carbons (Fsp3) is 0.400. The second-order valence-electron chi connectivity index (χ2n) is 11.1. The molecule has 0 saturated carbocycles. The van der Waals surface area contributed by atoms with E-state index in [1.165, 1.54) is 41.0 Å². The first-order valence-electron chi connectivity index (χ1n) is 15.1. The van der Waals surface area contributed by atoms with Gasteiger partial charge in [-0.2, -0.15) is 13.2 Å². The number of carboxylic acids is 1. The van der Waals surface area contributed by atoms with E-state index in [4.69, 9.17) is 36.6 Å². The average molecular weight is 731 g/mol. The van der Waals surface area contributed by atoms with Crippen LogP contribution in [0.3, 0.4) is 0 Å². The minimum absolute atomic E-state index is 0.000648. The van der Waals surface area contributed by atoms with E-state index >= 15 is 8.78 Å². The highest BCUT2D eigenvalue weighted by atomic mass is 19.4. The van der Waals surface area contributed by atoms with Gasteiger partial charge >= 0.3 is 24.3 Å². The fourth-order valence-corrected chi connectivity index (χ4v) is 4.71. The lowest BCUT2D eigenvalue weighted by molar-refractivity contribution is -0.192. The zero-order valence-corrected chi connectivity index (χ0v) is 26.9. The van der Waals surface area contributed by atoms with E-state index in [2.05, 4.69) is 15.6 Å². The van der Waals surface area contributed by atoms with Crippen LogP contribution in [0.15, 0.2) is 41.4 Å². The number of benzene rings is 2. The molecule has 2 fully saturated rings. The number of guanidine groups is 1. The van der Waals surface area contributed by atoms with Crippen LogP contribution in [0.2, 0.25) is 0 Å². The number of hydrogen-bond acceptors (Lipinski definition) is 9. The van der Waals surface area contributed by atoms with Crippen molar-refractivity contribution in [1.29, 1.82) is 0 Å². The molecule has 2 heterocycles. The van der Waals surface area contributed by atoms with Crippen LogP contribution in [-0.2, 0) is 23.9 Å². The number of carboxylic acid groups (broad SMARTS) is 1. The molecule has 9 N–H and O–H groups in total. The number of rotatable bonds is 12. The first-order valence-corrected chi connectivity index (χ1v) is 15.1. The van der Waals surface area contributed by atoms with E-state index in [-0.39, 0.29) is 60.5 Å². The number of nitrogens with two attached hydrogens (primary N) is 3. The predicted octanol–water partition coefficient (Wildman–Crippen LogP) is 1.55. The first-order chi connectivity index (χ1) is 23.9. The molecular weight excluding hydrogens is 695 g/mol. The Labute approximate surface area is 286 Å². The quantitative estimate of drug-likeness (QED) is 0.0792. The topological polar surface area (TPSA) is 245 Å². The maximum absolute atomic E-state index is 15.2. The lowest BCUT2D eigenvalue weighted by Crippen LogP contribution is -2.44. The molecule has 0 unspecified atom stereocenters. The number of aliphatic carboxylic acids is 1. The van der Waals surface area contributed by atoms with Gasteiger partial charge in [-0.15, -0.1) is 0 Å². The highest BCUT2D eigenvalue weighted by Gasteiger charge is 2.38. The molecule has 278 valence electrons. The monoisotopic (exact) mass is 730 g/mol. The van der Waals surface area contributed by atoms with Crippen molar-refractivity contribution in [1.82, 2.24) is 10.6 Å². The van der Waals surface area contributed by atoms with E-state index in [0.29, 0.717) is 19.4 Å². The lowest BCUT2D eigenvalue weighted by atomic mass is 10.0. The van der Waals surface area contributed by atoms with Crippen LogP contribution in [0, 0.1) is 11.6 Å². The third-order valence-corrected chi connectivity index (χ3v) is 7.20. The van der Waals surface area contributed by atoms with Gasteiger partial charge in [-0.25, -0.2) is 23.2 Å². The number of alkyl halides is 3. The van der Waals surface area contributed by atoms with Crippen molar-refractivity contribution in [2.75, 3.05) is 42.5 Å². The van der Waals surface area contributed by atoms with Crippen LogP contribution in [0.4, 0.5) is 42.9 Å². The van der Waals surface area contributed by atoms with E-state index < -0.39 is 60.1 Å². The van der Waals surface area contributed by atoms with Crippen LogP contribution in [0.5, 0.6) is 0 Å². The number of carbonyl (C=O) groups excluding carboxylic acids is 4. The van der Waals surface area contributed by atoms with Crippen LogP contribution < -0.4 is 37.6 Å². The molecule has 16 nitrogen and oxygen atoms in total. The van der Waals surface area contributed by atoms with Crippen molar-refractivity contribution in [2.24, 2.45) is 22.2 Å². The van der Waals surface area contributed by atoms with Gasteiger partial charge in [0.05, 0.1) is 43.6 Å². The molecule has 0 aromatic heterocycles. The summed E-state index contributed by atoms with van der Waals surface area (Å²) in [6.45, 7) is 1.93. The Bertz CT molecular complexity index is 1660. The van der Waals surface area contributed by atoms with Crippen LogP contribution >= 0.6 is 0 Å². The molecule has 0 bridgehead atoms. The molecule has 2 saturated heterocycles. The molecule has 2 aromatic carbocycles. The van der Waals surface area contributed by atoms with Gasteiger partial charge in [-0.1, -0.05) is 0 Å². The van der Waals surface area contributed by atoms with Crippen LogP contribution in [0.1, 0.15) is 19.8 Å². The number of nitrogens with one attached hydrogen (secondary N) is 2. The smallest absolute Gasteiger partial charge is 0.475 e. The number of nitrogens with zero attached hydrogens (tertiary/aromatic N) is 3. The van der Waals surface area contributed by atoms with E-state index in [1.807, 2.05) is 0 Å². The van der Waals surface area contributed by atoms with E-state index in [1.54, 1.807) is 0 Å². The largest absolute Gasteiger partial charge is 0.490 e. The van der Waals surface area contributed by atoms with Gasteiger partial charge in [0.2, 0.25) is 11.8 Å². The molecule has 2 aliphatic heterocycles. The van der Waals surface area contributed by atoms with Gasteiger partial charge in [0.15, 0.2) is 5.96 Å². The lowest BCUT2D eigenvalue weighted by Gasteiger charge is -2.17. The Hall–Kier alpha value is -5.73. The van der Waals surface area contributed by atoms with Crippen molar-refractivity contribution in [3.05, 3.63) is 48.0 Å². The van der Waals surface area contributed by atoms with Gasteiger partial charge in [-0.05, 0) is 49.2 Å². The maximum atomic E-state index is 15.2. The maximum Gasteiger partial charge on any atom is 0.490 e. The van der Waals surface area contributed by atoms with Crippen molar-refractivity contribution in [3.8, 4) is 11.1 Å². The molecule has 0 aliphatic carbocycles. The molecule has 0 spiro atoms. The molecular formula is C30H35F5N8O8. The zero-order valence-electron chi connectivity index (χ0n) is 26.9. The Morgan fingerprint density at radius 1 is 0.922 bits per heavy atom. The summed E-state index contributed by atoms with van der Waals surface area (Å²) >= 11 is 0. The molecule has 2 aliphatic rings. The SMILES string of the molecule is CC(=O)NC[C@H]1CN(c2ccc(-c3ccc(N4C[C@H](CNC(=O)[C@@H](N)CCCN=C(N)N)OC4=O)cc3F)c(F)c2)C(=O)O1.O=C(O)C(F)(F)F. The molecule has 4 amide bonds. The number of hydrogen-bond donors (Lipinski definition) is 6. The summed E-state index contributed by atoms with van der Waals surface area (Å²) in [5, 5.41) is 12.3. The van der Waals surface area contributed by atoms with Gasteiger partial charge in [0.1, 0.15) is 23.8 Å². The third-order valence-electron chi connectivity index (χ3n) is 7.20. The summed E-state index contributed by atoms with van der Waals surface area (Å²) in [7, 11) is 0. The summed E-state index contributed by atoms with van der Waals surface area (Å²) in [6, 6.07) is 6.96. The summed E-state index contributed by atoms with van der Waals surface area (Å²) in [5.41, 5.74) is 16.7. The number of amides is 4. The minimum Gasteiger partial charge on any atom is -0.475 e. The number of cyclic esters (lactones) is 2. The molecule has 4 rings (SSSR count). The van der Waals surface area contributed by atoms with Crippen LogP contribution in [0.25, 0.3) is 11.1 Å². The Balaban J connectivity index is 0.000000908. The van der Waals surface area contributed by atoms with Crippen LogP contribution in [-0.4, -0.2) is 98.2 Å². The number of carbonyl (C=O) groups is 5. The molecule has 2 aromatic rings. The normalized spacial score (nSPS) is 17.5. The molecule has 51 heavy (non-hydrogen) atoms. The predicted molar refractivity (Wildman–Crippen MR) is 170 cm³/mol. The summed E-state index contributed by atoms with van der Waals surface area (Å²) in [4.78, 5) is 63.3. The number of anilines is 2. The number of aliphatic imine (C=N–C) groups is 1. The second kappa shape index (κ2) is 17.3. The van der Waals surface area contributed by atoms with Crippen molar-refractivity contribution >= 4 is 47.3 Å².